The molecule has 0 spiro atoms. The Morgan fingerprint density at radius 2 is 1.89 bits per heavy atom. The summed E-state index contributed by atoms with van der Waals surface area (Å²) in [5, 5.41) is 2.59. The Kier molecular flexibility index (Phi) is 6.97. The molecule has 0 aliphatic carbocycles. The summed E-state index contributed by atoms with van der Waals surface area (Å²) in [6.45, 7) is 2.53. The number of nitrogens with one attached hydrogen (secondary N) is 1. The highest BCUT2D eigenvalue weighted by atomic mass is 35.5. The molecular formula is C14H18ClNO3. The van der Waals surface area contributed by atoms with Gasteiger partial charge in [-0.25, -0.2) is 4.79 Å². The van der Waals surface area contributed by atoms with E-state index < -0.39 is 0 Å². The van der Waals surface area contributed by atoms with Gasteiger partial charge in [0.2, 0.25) is 5.91 Å². The van der Waals surface area contributed by atoms with Gasteiger partial charge in [-0.1, -0.05) is 19.8 Å². The summed E-state index contributed by atoms with van der Waals surface area (Å²) in [5.41, 5.74) is 1.08. The Morgan fingerprint density at radius 1 is 1.21 bits per heavy atom. The van der Waals surface area contributed by atoms with E-state index in [0.717, 1.165) is 19.3 Å². The maximum atomic E-state index is 11.7. The fraction of sp³-hybridized carbons (Fsp3) is 0.429. The van der Waals surface area contributed by atoms with Gasteiger partial charge >= 0.3 is 5.97 Å². The molecule has 0 aromatic heterocycles. The monoisotopic (exact) mass is 283 g/mol. The zero-order chi connectivity index (χ0) is 14.1. The van der Waals surface area contributed by atoms with Crippen molar-refractivity contribution in [2.45, 2.75) is 26.2 Å². The number of hydrogen-bond donors (Lipinski definition) is 1. The standard InChI is InChI=1S/C14H18ClNO3/c1-2-3-4-9-19-14(18)11-5-7-12(8-6-11)16-13(17)10-15/h5-8H,2-4,9-10H2,1H3,(H,16,17). The van der Waals surface area contributed by atoms with Crippen LogP contribution in [0.3, 0.4) is 0 Å². The van der Waals surface area contributed by atoms with Crippen LogP contribution in [0.25, 0.3) is 0 Å². The number of amides is 1. The number of alkyl halides is 1. The first kappa shape index (κ1) is 15.5. The SMILES string of the molecule is CCCCCOC(=O)c1ccc(NC(=O)CCl)cc1. The number of unbranched alkanes of at least 4 members (excludes halogenated alkanes) is 2. The Morgan fingerprint density at radius 3 is 2.47 bits per heavy atom. The molecule has 0 unspecified atom stereocenters. The van der Waals surface area contributed by atoms with Gasteiger partial charge in [0.1, 0.15) is 5.88 Å². The van der Waals surface area contributed by atoms with Gasteiger partial charge in [-0.3, -0.25) is 4.79 Å². The van der Waals surface area contributed by atoms with Crippen LogP contribution in [0.5, 0.6) is 0 Å². The molecule has 1 N–H and O–H groups in total. The minimum atomic E-state index is -0.341. The second-order valence-electron chi connectivity index (χ2n) is 4.10. The lowest BCUT2D eigenvalue weighted by atomic mass is 10.2. The van der Waals surface area contributed by atoms with Gasteiger partial charge in [-0.2, -0.15) is 0 Å². The van der Waals surface area contributed by atoms with Gasteiger partial charge in [-0.15, -0.1) is 11.6 Å². The molecule has 1 aromatic carbocycles. The third-order valence-corrected chi connectivity index (χ3v) is 2.75. The van der Waals surface area contributed by atoms with E-state index in [-0.39, 0.29) is 17.8 Å². The highest BCUT2D eigenvalue weighted by Gasteiger charge is 2.07. The fourth-order valence-corrected chi connectivity index (χ4v) is 1.55. The minimum Gasteiger partial charge on any atom is -0.462 e. The van der Waals surface area contributed by atoms with Crippen LogP contribution in [0.1, 0.15) is 36.5 Å². The second-order valence-corrected chi connectivity index (χ2v) is 4.37. The lowest BCUT2D eigenvalue weighted by molar-refractivity contribution is -0.113. The number of carbonyl (C=O) groups is 2. The van der Waals surface area contributed by atoms with Crippen molar-refractivity contribution in [1.29, 1.82) is 0 Å². The molecule has 1 amide bonds. The quantitative estimate of drug-likeness (QED) is 0.475. The first-order valence-electron chi connectivity index (χ1n) is 6.30. The van der Waals surface area contributed by atoms with Crippen molar-refractivity contribution in [2.75, 3.05) is 17.8 Å². The highest BCUT2D eigenvalue weighted by Crippen LogP contribution is 2.11. The Hall–Kier alpha value is -1.55. The summed E-state index contributed by atoms with van der Waals surface area (Å²) in [4.78, 5) is 22.7. The molecule has 1 rings (SSSR count). The van der Waals surface area contributed by atoms with Crippen LogP contribution in [-0.2, 0) is 9.53 Å². The number of hydrogen-bond acceptors (Lipinski definition) is 3. The molecule has 0 saturated heterocycles. The first-order chi connectivity index (χ1) is 9.17. The molecule has 5 heteroatoms. The van der Waals surface area contributed by atoms with Crippen LogP contribution >= 0.6 is 11.6 Å². The molecule has 0 atom stereocenters. The molecule has 1 aromatic rings. The molecule has 0 saturated carbocycles. The maximum Gasteiger partial charge on any atom is 0.338 e. The van der Waals surface area contributed by atoms with Crippen LogP contribution in [-0.4, -0.2) is 24.4 Å². The van der Waals surface area contributed by atoms with Crippen LogP contribution in [0, 0.1) is 0 Å². The van der Waals surface area contributed by atoms with E-state index in [1.165, 1.54) is 0 Å². The third kappa shape index (κ3) is 5.75. The number of carbonyl (C=O) groups excluding carboxylic acids is 2. The van der Waals surface area contributed by atoms with Crippen molar-refractivity contribution in [1.82, 2.24) is 0 Å². The number of esters is 1. The van der Waals surface area contributed by atoms with Crippen LogP contribution in [0.2, 0.25) is 0 Å². The van der Waals surface area contributed by atoms with Crippen LogP contribution in [0.4, 0.5) is 5.69 Å². The van der Waals surface area contributed by atoms with E-state index in [4.69, 9.17) is 16.3 Å². The number of ether oxygens (including phenoxy) is 1. The van der Waals surface area contributed by atoms with Gasteiger partial charge < -0.3 is 10.1 Å². The smallest absolute Gasteiger partial charge is 0.338 e. The van der Waals surface area contributed by atoms with Crippen molar-refractivity contribution in [2.24, 2.45) is 0 Å². The summed E-state index contributed by atoms with van der Waals surface area (Å²) >= 11 is 5.38. The fourth-order valence-electron chi connectivity index (χ4n) is 1.48. The van der Waals surface area contributed by atoms with Crippen LogP contribution < -0.4 is 5.32 Å². The first-order valence-corrected chi connectivity index (χ1v) is 6.83. The summed E-state index contributed by atoms with van der Waals surface area (Å²) in [6.07, 6.45) is 3.02. The summed E-state index contributed by atoms with van der Waals surface area (Å²) in [5.74, 6) is -0.718. The van der Waals surface area contributed by atoms with Crippen molar-refractivity contribution < 1.29 is 14.3 Å². The van der Waals surface area contributed by atoms with Gasteiger partial charge in [0.05, 0.1) is 12.2 Å². The van der Waals surface area contributed by atoms with Gasteiger partial charge in [0.15, 0.2) is 0 Å². The highest BCUT2D eigenvalue weighted by molar-refractivity contribution is 6.29. The van der Waals surface area contributed by atoms with Gasteiger partial charge in [-0.05, 0) is 30.7 Å². The van der Waals surface area contributed by atoms with Crippen molar-refractivity contribution in [3.63, 3.8) is 0 Å². The van der Waals surface area contributed by atoms with E-state index >= 15 is 0 Å². The average Bonchev–Trinajstić information content (AvgIpc) is 2.44. The summed E-state index contributed by atoms with van der Waals surface area (Å²) in [6, 6.07) is 6.53. The molecule has 0 aliphatic rings. The van der Waals surface area contributed by atoms with E-state index in [9.17, 15) is 9.59 Å². The van der Waals surface area contributed by atoms with Crippen molar-refractivity contribution in [3.05, 3.63) is 29.8 Å². The second kappa shape index (κ2) is 8.53. The Balaban J connectivity index is 2.46. The predicted octanol–water partition coefficient (Wildman–Crippen LogP) is 3.21. The molecule has 0 bridgehead atoms. The molecule has 0 fully saturated rings. The lowest BCUT2D eigenvalue weighted by Crippen LogP contribution is -2.12. The minimum absolute atomic E-state index is 0.0960. The molecule has 19 heavy (non-hydrogen) atoms. The largest absolute Gasteiger partial charge is 0.462 e. The number of anilines is 1. The Labute approximate surface area is 118 Å². The lowest BCUT2D eigenvalue weighted by Gasteiger charge is -2.06. The normalized spacial score (nSPS) is 10.0. The average molecular weight is 284 g/mol. The molecule has 4 nitrogen and oxygen atoms in total. The number of rotatable bonds is 7. The molecule has 0 radical (unpaired) electrons. The van der Waals surface area contributed by atoms with Crippen LogP contribution in [0.15, 0.2) is 24.3 Å². The number of benzene rings is 1. The zero-order valence-electron chi connectivity index (χ0n) is 10.9. The van der Waals surface area contributed by atoms with E-state index in [0.29, 0.717) is 17.9 Å². The van der Waals surface area contributed by atoms with Gasteiger partial charge in [0.25, 0.3) is 0 Å². The molecule has 0 aliphatic heterocycles. The zero-order valence-corrected chi connectivity index (χ0v) is 11.7. The topological polar surface area (TPSA) is 55.4 Å². The predicted molar refractivity (Wildman–Crippen MR) is 75.6 cm³/mol. The maximum absolute atomic E-state index is 11.7. The third-order valence-electron chi connectivity index (χ3n) is 2.51. The van der Waals surface area contributed by atoms with E-state index in [1.807, 2.05) is 0 Å². The van der Waals surface area contributed by atoms with Crippen molar-refractivity contribution >= 4 is 29.2 Å². The van der Waals surface area contributed by atoms with Gasteiger partial charge in [0, 0.05) is 5.69 Å². The van der Waals surface area contributed by atoms with Crippen molar-refractivity contribution in [3.8, 4) is 0 Å². The van der Waals surface area contributed by atoms with E-state index in [2.05, 4.69) is 12.2 Å². The summed E-state index contributed by atoms with van der Waals surface area (Å²) in [7, 11) is 0. The summed E-state index contributed by atoms with van der Waals surface area (Å²) < 4.78 is 5.12. The molecular weight excluding hydrogens is 266 g/mol. The molecule has 0 heterocycles. The number of halogens is 1. The molecule has 104 valence electrons. The Bertz CT molecular complexity index is 417. The van der Waals surface area contributed by atoms with E-state index in [1.54, 1.807) is 24.3 Å².